The molecule has 2 aromatic rings. The SMILES string of the molecule is NCCNc1ncc(-c2ccc(F)cc2)cn1. The lowest BCUT2D eigenvalue weighted by molar-refractivity contribution is 0.628. The first-order valence-electron chi connectivity index (χ1n) is 5.31. The van der Waals surface area contributed by atoms with E-state index in [2.05, 4.69) is 15.3 Å². The summed E-state index contributed by atoms with van der Waals surface area (Å²) < 4.78 is 12.8. The van der Waals surface area contributed by atoms with Gasteiger partial charge in [0.25, 0.3) is 0 Å². The van der Waals surface area contributed by atoms with Crippen molar-refractivity contribution in [3.8, 4) is 11.1 Å². The molecule has 1 aromatic carbocycles. The van der Waals surface area contributed by atoms with Crippen molar-refractivity contribution in [3.05, 3.63) is 42.5 Å². The van der Waals surface area contributed by atoms with E-state index < -0.39 is 0 Å². The van der Waals surface area contributed by atoms with E-state index in [1.54, 1.807) is 24.5 Å². The van der Waals surface area contributed by atoms with Crippen molar-refractivity contribution < 1.29 is 4.39 Å². The molecule has 0 atom stereocenters. The van der Waals surface area contributed by atoms with Crippen LogP contribution in [0.1, 0.15) is 0 Å². The van der Waals surface area contributed by atoms with Crippen LogP contribution in [0.25, 0.3) is 11.1 Å². The van der Waals surface area contributed by atoms with E-state index in [0.717, 1.165) is 11.1 Å². The number of hydrogen-bond acceptors (Lipinski definition) is 4. The van der Waals surface area contributed by atoms with Gasteiger partial charge in [0.2, 0.25) is 5.95 Å². The Hall–Kier alpha value is -2.01. The maximum atomic E-state index is 12.8. The molecule has 0 aliphatic heterocycles. The molecule has 0 fully saturated rings. The lowest BCUT2D eigenvalue weighted by Gasteiger charge is -2.04. The standard InChI is InChI=1S/C12H13FN4/c13-11-3-1-9(2-4-11)10-7-16-12(17-8-10)15-6-5-14/h1-4,7-8H,5-6,14H2,(H,15,16,17). The minimum atomic E-state index is -0.254. The molecule has 0 radical (unpaired) electrons. The predicted octanol–water partition coefficient (Wildman–Crippen LogP) is 1.65. The van der Waals surface area contributed by atoms with Gasteiger partial charge in [-0.15, -0.1) is 0 Å². The van der Waals surface area contributed by atoms with Crippen LogP contribution in [0, 0.1) is 5.82 Å². The van der Waals surface area contributed by atoms with Gasteiger partial charge in [0, 0.05) is 31.0 Å². The van der Waals surface area contributed by atoms with E-state index in [-0.39, 0.29) is 5.82 Å². The minimum absolute atomic E-state index is 0.254. The van der Waals surface area contributed by atoms with Gasteiger partial charge in [0.1, 0.15) is 5.82 Å². The quantitative estimate of drug-likeness (QED) is 0.841. The largest absolute Gasteiger partial charge is 0.353 e. The maximum Gasteiger partial charge on any atom is 0.222 e. The molecule has 5 heteroatoms. The predicted molar refractivity (Wildman–Crippen MR) is 65.0 cm³/mol. The Balaban J connectivity index is 2.14. The van der Waals surface area contributed by atoms with E-state index in [1.165, 1.54) is 12.1 Å². The summed E-state index contributed by atoms with van der Waals surface area (Å²) in [5.41, 5.74) is 7.09. The molecule has 88 valence electrons. The highest BCUT2D eigenvalue weighted by Crippen LogP contribution is 2.18. The van der Waals surface area contributed by atoms with Crippen LogP contribution < -0.4 is 11.1 Å². The average Bonchev–Trinajstić information content (AvgIpc) is 2.38. The molecule has 0 unspecified atom stereocenters. The summed E-state index contributed by atoms with van der Waals surface area (Å²) in [5, 5.41) is 2.97. The normalized spacial score (nSPS) is 10.2. The number of halogens is 1. The third-order valence-corrected chi connectivity index (χ3v) is 2.26. The number of hydrogen-bond donors (Lipinski definition) is 2. The third-order valence-electron chi connectivity index (χ3n) is 2.26. The van der Waals surface area contributed by atoms with Crippen LogP contribution in [0.2, 0.25) is 0 Å². The van der Waals surface area contributed by atoms with Crippen LogP contribution >= 0.6 is 0 Å². The van der Waals surface area contributed by atoms with E-state index in [1.807, 2.05) is 0 Å². The first-order chi connectivity index (χ1) is 8.29. The van der Waals surface area contributed by atoms with Crippen LogP contribution in [0.5, 0.6) is 0 Å². The second kappa shape index (κ2) is 5.36. The summed E-state index contributed by atoms with van der Waals surface area (Å²) in [6.07, 6.45) is 3.39. The number of nitrogens with zero attached hydrogens (tertiary/aromatic N) is 2. The van der Waals surface area contributed by atoms with Crippen LogP contribution in [0.3, 0.4) is 0 Å². The number of rotatable bonds is 4. The van der Waals surface area contributed by atoms with Crippen molar-refractivity contribution in [2.45, 2.75) is 0 Å². The van der Waals surface area contributed by atoms with Crippen molar-refractivity contribution in [2.75, 3.05) is 18.4 Å². The van der Waals surface area contributed by atoms with Crippen molar-refractivity contribution in [3.63, 3.8) is 0 Å². The number of anilines is 1. The molecule has 0 amide bonds. The highest BCUT2D eigenvalue weighted by atomic mass is 19.1. The molecule has 0 saturated heterocycles. The molecular formula is C12H13FN4. The molecule has 2 rings (SSSR count). The smallest absolute Gasteiger partial charge is 0.222 e. The fourth-order valence-electron chi connectivity index (χ4n) is 1.39. The second-order valence-electron chi connectivity index (χ2n) is 3.52. The highest BCUT2D eigenvalue weighted by molar-refractivity contribution is 5.61. The van der Waals surface area contributed by atoms with E-state index >= 15 is 0 Å². The molecule has 0 aliphatic carbocycles. The fraction of sp³-hybridized carbons (Fsp3) is 0.167. The number of aromatic nitrogens is 2. The van der Waals surface area contributed by atoms with Crippen molar-refractivity contribution in [2.24, 2.45) is 5.73 Å². The Labute approximate surface area is 98.7 Å². The van der Waals surface area contributed by atoms with E-state index in [9.17, 15) is 4.39 Å². The number of nitrogens with two attached hydrogens (primary N) is 1. The zero-order chi connectivity index (χ0) is 12.1. The van der Waals surface area contributed by atoms with Gasteiger partial charge in [0.05, 0.1) is 0 Å². The molecule has 1 heterocycles. The summed E-state index contributed by atoms with van der Waals surface area (Å²) in [5.74, 6) is 0.289. The van der Waals surface area contributed by atoms with Crippen LogP contribution in [-0.4, -0.2) is 23.1 Å². The first-order valence-corrected chi connectivity index (χ1v) is 5.31. The van der Waals surface area contributed by atoms with Crippen LogP contribution in [-0.2, 0) is 0 Å². The van der Waals surface area contributed by atoms with Gasteiger partial charge in [-0.2, -0.15) is 0 Å². The van der Waals surface area contributed by atoms with Gasteiger partial charge in [-0.1, -0.05) is 12.1 Å². The zero-order valence-corrected chi connectivity index (χ0v) is 9.23. The summed E-state index contributed by atoms with van der Waals surface area (Å²) in [6.45, 7) is 1.17. The molecule has 1 aromatic heterocycles. The molecule has 0 spiro atoms. The first kappa shape index (κ1) is 11.5. The van der Waals surface area contributed by atoms with Crippen molar-refractivity contribution in [1.29, 1.82) is 0 Å². The summed E-state index contributed by atoms with van der Waals surface area (Å²) in [7, 11) is 0. The Morgan fingerprint density at radius 2 is 1.71 bits per heavy atom. The molecule has 3 N–H and O–H groups in total. The molecule has 17 heavy (non-hydrogen) atoms. The van der Waals surface area contributed by atoms with Gasteiger partial charge in [-0.05, 0) is 17.7 Å². The number of benzene rings is 1. The highest BCUT2D eigenvalue weighted by Gasteiger charge is 2.00. The van der Waals surface area contributed by atoms with Crippen molar-refractivity contribution >= 4 is 5.95 Å². The zero-order valence-electron chi connectivity index (χ0n) is 9.23. The molecule has 4 nitrogen and oxygen atoms in total. The Morgan fingerprint density at radius 1 is 1.06 bits per heavy atom. The van der Waals surface area contributed by atoms with Crippen LogP contribution in [0.4, 0.5) is 10.3 Å². The van der Waals surface area contributed by atoms with E-state index in [4.69, 9.17) is 5.73 Å². The molecule has 0 saturated carbocycles. The summed E-state index contributed by atoms with van der Waals surface area (Å²) >= 11 is 0. The topological polar surface area (TPSA) is 63.8 Å². The van der Waals surface area contributed by atoms with Gasteiger partial charge in [-0.25, -0.2) is 14.4 Å². The fourth-order valence-corrected chi connectivity index (χ4v) is 1.39. The van der Waals surface area contributed by atoms with Gasteiger partial charge in [0.15, 0.2) is 0 Å². The number of nitrogens with one attached hydrogen (secondary N) is 1. The van der Waals surface area contributed by atoms with Gasteiger partial charge >= 0.3 is 0 Å². The Bertz CT molecular complexity index is 467. The summed E-state index contributed by atoms with van der Waals surface area (Å²) in [6, 6.07) is 6.22. The maximum absolute atomic E-state index is 12.8. The Kier molecular flexibility index (Phi) is 3.62. The molecule has 0 aliphatic rings. The van der Waals surface area contributed by atoms with Gasteiger partial charge < -0.3 is 11.1 Å². The second-order valence-corrected chi connectivity index (χ2v) is 3.52. The van der Waals surface area contributed by atoms with Gasteiger partial charge in [-0.3, -0.25) is 0 Å². The van der Waals surface area contributed by atoms with Crippen molar-refractivity contribution in [1.82, 2.24) is 9.97 Å². The summed E-state index contributed by atoms with van der Waals surface area (Å²) in [4.78, 5) is 8.29. The van der Waals surface area contributed by atoms with E-state index in [0.29, 0.717) is 19.0 Å². The Morgan fingerprint density at radius 3 is 2.29 bits per heavy atom. The monoisotopic (exact) mass is 232 g/mol. The lowest BCUT2D eigenvalue weighted by Crippen LogP contribution is -2.14. The molecule has 0 bridgehead atoms. The molecular weight excluding hydrogens is 219 g/mol. The minimum Gasteiger partial charge on any atom is -0.353 e. The lowest BCUT2D eigenvalue weighted by atomic mass is 10.1. The third kappa shape index (κ3) is 2.98. The average molecular weight is 232 g/mol. The van der Waals surface area contributed by atoms with Crippen LogP contribution in [0.15, 0.2) is 36.7 Å².